The van der Waals surface area contributed by atoms with E-state index >= 15 is 0 Å². The van der Waals surface area contributed by atoms with E-state index in [0.717, 1.165) is 15.1 Å². The van der Waals surface area contributed by atoms with Crippen molar-refractivity contribution in [3.63, 3.8) is 0 Å². The predicted octanol–water partition coefficient (Wildman–Crippen LogP) is 4.06. The van der Waals surface area contributed by atoms with Crippen LogP contribution in [-0.4, -0.2) is 31.4 Å². The molecule has 0 aliphatic carbocycles. The van der Waals surface area contributed by atoms with Crippen molar-refractivity contribution in [3.8, 4) is 10.7 Å². The van der Waals surface area contributed by atoms with Crippen LogP contribution >= 0.6 is 34.7 Å². The summed E-state index contributed by atoms with van der Waals surface area (Å²) >= 11 is 8.70. The first-order chi connectivity index (χ1) is 13.5. The number of pyridine rings is 1. The highest BCUT2D eigenvalue weighted by Gasteiger charge is 2.19. The maximum absolute atomic E-state index is 12.2. The van der Waals surface area contributed by atoms with E-state index in [4.69, 9.17) is 17.3 Å². The average Bonchev–Trinajstić information content (AvgIpc) is 3.20. The third kappa shape index (κ3) is 3.68. The van der Waals surface area contributed by atoms with Crippen LogP contribution in [0.3, 0.4) is 0 Å². The number of hydrogen-bond donors (Lipinski definition) is 2. The number of aromatic nitrogens is 4. The molecule has 1 aromatic carbocycles. The van der Waals surface area contributed by atoms with E-state index in [9.17, 15) is 4.79 Å². The first-order valence-electron chi connectivity index (χ1n) is 8.24. The van der Waals surface area contributed by atoms with Gasteiger partial charge in [0.2, 0.25) is 5.91 Å². The minimum atomic E-state index is -0.151. The minimum absolute atomic E-state index is 0.151. The van der Waals surface area contributed by atoms with E-state index in [2.05, 4.69) is 20.5 Å². The summed E-state index contributed by atoms with van der Waals surface area (Å²) in [7, 11) is 1.85. The highest BCUT2D eigenvalue weighted by Crippen LogP contribution is 2.39. The largest absolute Gasteiger partial charge is 0.397 e. The molecule has 3 N–H and O–H groups in total. The second kappa shape index (κ2) is 7.78. The number of carbonyl (C=O) groups is 1. The number of carbonyl (C=O) groups excluding carboxylic acids is 1. The van der Waals surface area contributed by atoms with Crippen LogP contribution in [0, 0.1) is 0 Å². The fourth-order valence-electron chi connectivity index (χ4n) is 2.65. The van der Waals surface area contributed by atoms with Crippen molar-refractivity contribution in [1.29, 1.82) is 0 Å². The Morgan fingerprint density at radius 1 is 1.32 bits per heavy atom. The lowest BCUT2D eigenvalue weighted by Crippen LogP contribution is -2.14. The zero-order valence-electron chi connectivity index (χ0n) is 14.7. The molecule has 0 radical (unpaired) electrons. The van der Waals surface area contributed by atoms with Crippen LogP contribution in [0.2, 0.25) is 5.02 Å². The first kappa shape index (κ1) is 18.7. The zero-order valence-corrected chi connectivity index (χ0v) is 17.1. The number of thioether (sulfide) groups is 1. The lowest BCUT2D eigenvalue weighted by atomic mass is 10.2. The molecule has 0 saturated heterocycles. The van der Waals surface area contributed by atoms with E-state index in [1.54, 1.807) is 30.5 Å². The van der Waals surface area contributed by atoms with Gasteiger partial charge in [0.15, 0.2) is 11.0 Å². The molecule has 0 atom stereocenters. The zero-order chi connectivity index (χ0) is 19.7. The van der Waals surface area contributed by atoms with Crippen LogP contribution in [0.1, 0.15) is 0 Å². The Morgan fingerprint density at radius 2 is 2.18 bits per heavy atom. The number of fused-ring (bicyclic) bond motifs is 1. The molecule has 0 aliphatic rings. The van der Waals surface area contributed by atoms with Crippen molar-refractivity contribution >= 4 is 62.2 Å². The van der Waals surface area contributed by atoms with Crippen LogP contribution < -0.4 is 11.1 Å². The maximum Gasteiger partial charge on any atom is 0.234 e. The number of anilines is 2. The van der Waals surface area contributed by atoms with Gasteiger partial charge in [-0.3, -0.25) is 4.79 Å². The molecule has 28 heavy (non-hydrogen) atoms. The Labute approximate surface area is 173 Å². The van der Waals surface area contributed by atoms with Gasteiger partial charge in [-0.25, -0.2) is 4.98 Å². The van der Waals surface area contributed by atoms with Gasteiger partial charge in [-0.05, 0) is 30.3 Å². The molecule has 0 aliphatic heterocycles. The lowest BCUT2D eigenvalue weighted by Gasteiger charge is -2.06. The quantitative estimate of drug-likeness (QED) is 0.463. The molecule has 4 aromatic rings. The molecule has 0 spiro atoms. The first-order valence-corrected chi connectivity index (χ1v) is 10.4. The van der Waals surface area contributed by atoms with E-state index < -0.39 is 0 Å². The monoisotopic (exact) mass is 430 g/mol. The summed E-state index contributed by atoms with van der Waals surface area (Å²) in [5.74, 6) is 0.697. The number of rotatable bonds is 5. The summed E-state index contributed by atoms with van der Waals surface area (Å²) in [4.78, 5) is 18.2. The molecule has 0 unspecified atom stereocenters. The molecule has 7 nitrogen and oxygen atoms in total. The third-order valence-corrected chi connectivity index (χ3v) is 6.36. The van der Waals surface area contributed by atoms with Crippen molar-refractivity contribution in [2.75, 3.05) is 16.8 Å². The van der Waals surface area contributed by atoms with Gasteiger partial charge < -0.3 is 15.6 Å². The molecule has 0 fully saturated rings. The standard InChI is InChI=1S/C18H15ClN6OS2/c1-25-16(15-14(20)12-6-3-7-21-17(12)28-15)23-24-18(25)27-9-13(26)22-11-5-2-4-10(19)8-11/h2-8H,9,20H2,1H3,(H,22,26). The van der Waals surface area contributed by atoms with Gasteiger partial charge in [-0.15, -0.1) is 21.5 Å². The number of nitrogens with two attached hydrogens (primary N) is 1. The topological polar surface area (TPSA) is 98.7 Å². The molecule has 0 saturated carbocycles. The van der Waals surface area contributed by atoms with Gasteiger partial charge in [-0.1, -0.05) is 29.4 Å². The molecule has 1 amide bonds. The average molecular weight is 431 g/mol. The number of amides is 1. The van der Waals surface area contributed by atoms with Crippen LogP contribution in [0.4, 0.5) is 11.4 Å². The maximum atomic E-state index is 12.2. The Morgan fingerprint density at radius 3 is 2.96 bits per heavy atom. The SMILES string of the molecule is Cn1c(SCC(=O)Nc2cccc(Cl)c2)nnc1-c1sc2ncccc2c1N. The molecular formula is C18H15ClN6OS2. The molecule has 4 rings (SSSR count). The highest BCUT2D eigenvalue weighted by atomic mass is 35.5. The van der Waals surface area contributed by atoms with Gasteiger partial charge in [0.25, 0.3) is 0 Å². The molecule has 0 bridgehead atoms. The van der Waals surface area contributed by atoms with Gasteiger partial charge in [0.1, 0.15) is 4.83 Å². The van der Waals surface area contributed by atoms with Gasteiger partial charge in [-0.2, -0.15) is 0 Å². The summed E-state index contributed by atoms with van der Waals surface area (Å²) in [5, 5.41) is 13.4. The third-order valence-electron chi connectivity index (χ3n) is 3.98. The second-order valence-corrected chi connectivity index (χ2v) is 8.29. The summed E-state index contributed by atoms with van der Waals surface area (Å²) in [6.07, 6.45) is 1.73. The highest BCUT2D eigenvalue weighted by molar-refractivity contribution is 7.99. The Bertz CT molecular complexity index is 1170. The number of hydrogen-bond acceptors (Lipinski definition) is 7. The Hall–Kier alpha value is -2.62. The number of benzene rings is 1. The molecule has 3 aromatic heterocycles. The van der Waals surface area contributed by atoms with E-state index in [1.165, 1.54) is 23.1 Å². The predicted molar refractivity (Wildman–Crippen MR) is 115 cm³/mol. The normalized spacial score (nSPS) is 11.1. The second-order valence-electron chi connectivity index (χ2n) is 5.91. The number of halogens is 1. The van der Waals surface area contributed by atoms with Gasteiger partial charge in [0, 0.05) is 29.3 Å². The Kier molecular flexibility index (Phi) is 5.21. The van der Waals surface area contributed by atoms with Crippen molar-refractivity contribution in [1.82, 2.24) is 19.7 Å². The number of nitrogens with zero attached hydrogens (tertiary/aromatic N) is 4. The fraction of sp³-hybridized carbons (Fsp3) is 0.111. The smallest absolute Gasteiger partial charge is 0.234 e. The van der Waals surface area contributed by atoms with E-state index in [-0.39, 0.29) is 11.7 Å². The summed E-state index contributed by atoms with van der Waals surface area (Å²) in [6, 6.07) is 10.8. The van der Waals surface area contributed by atoms with Crippen molar-refractivity contribution in [3.05, 3.63) is 47.6 Å². The van der Waals surface area contributed by atoms with Crippen molar-refractivity contribution in [2.24, 2.45) is 7.05 Å². The molecule has 142 valence electrons. The summed E-state index contributed by atoms with van der Waals surface area (Å²) in [6.45, 7) is 0. The van der Waals surface area contributed by atoms with Crippen LogP contribution in [0.25, 0.3) is 20.9 Å². The minimum Gasteiger partial charge on any atom is -0.397 e. The van der Waals surface area contributed by atoms with Crippen LogP contribution in [0.5, 0.6) is 0 Å². The fourth-order valence-corrected chi connectivity index (χ4v) is 4.63. The lowest BCUT2D eigenvalue weighted by molar-refractivity contribution is -0.113. The number of nitrogens with one attached hydrogen (secondary N) is 1. The van der Waals surface area contributed by atoms with Crippen LogP contribution in [0.15, 0.2) is 47.8 Å². The van der Waals surface area contributed by atoms with Gasteiger partial charge in [0.05, 0.1) is 16.3 Å². The van der Waals surface area contributed by atoms with Crippen LogP contribution in [-0.2, 0) is 11.8 Å². The van der Waals surface area contributed by atoms with E-state index in [1.807, 2.05) is 23.7 Å². The Balaban J connectivity index is 1.49. The summed E-state index contributed by atoms with van der Waals surface area (Å²) < 4.78 is 1.83. The summed E-state index contributed by atoms with van der Waals surface area (Å²) in [5.41, 5.74) is 7.57. The van der Waals surface area contributed by atoms with Crippen molar-refractivity contribution < 1.29 is 4.79 Å². The molecule has 10 heteroatoms. The van der Waals surface area contributed by atoms with Crippen molar-refractivity contribution in [2.45, 2.75) is 5.16 Å². The number of thiophene rings is 1. The molecule has 3 heterocycles. The van der Waals surface area contributed by atoms with E-state index in [0.29, 0.717) is 27.4 Å². The van der Waals surface area contributed by atoms with Gasteiger partial charge >= 0.3 is 0 Å². The molecular weight excluding hydrogens is 416 g/mol. The number of nitrogen functional groups attached to an aromatic ring is 1.